The van der Waals surface area contributed by atoms with Crippen LogP contribution in [0.4, 0.5) is 0 Å². The predicted octanol–water partition coefficient (Wildman–Crippen LogP) is 1.78. The van der Waals surface area contributed by atoms with Gasteiger partial charge < -0.3 is 9.84 Å². The molecule has 0 amide bonds. The Morgan fingerprint density at radius 1 is 1.41 bits per heavy atom. The monoisotopic (exact) mass is 237 g/mol. The second-order valence-corrected chi connectivity index (χ2v) is 4.01. The molecule has 4 heteroatoms. The van der Waals surface area contributed by atoms with E-state index in [9.17, 15) is 4.79 Å². The third-order valence-corrected chi connectivity index (χ3v) is 2.72. The lowest BCUT2D eigenvalue weighted by atomic mass is 10.1. The van der Waals surface area contributed by atoms with Crippen LogP contribution in [0.3, 0.4) is 0 Å². The SMILES string of the molecule is COCC(c1ccccc1)N(C)CCC(=O)O. The molecule has 1 N–H and O–H groups in total. The van der Waals surface area contributed by atoms with E-state index in [4.69, 9.17) is 9.84 Å². The summed E-state index contributed by atoms with van der Waals surface area (Å²) in [7, 11) is 3.57. The molecule has 0 bridgehead atoms. The molecule has 1 aromatic carbocycles. The molecule has 0 aliphatic rings. The number of hydrogen-bond acceptors (Lipinski definition) is 3. The van der Waals surface area contributed by atoms with E-state index in [0.717, 1.165) is 5.56 Å². The lowest BCUT2D eigenvalue weighted by molar-refractivity contribution is -0.137. The smallest absolute Gasteiger partial charge is 0.304 e. The summed E-state index contributed by atoms with van der Waals surface area (Å²) in [6.07, 6.45) is 0.142. The van der Waals surface area contributed by atoms with Gasteiger partial charge in [0.1, 0.15) is 0 Å². The van der Waals surface area contributed by atoms with E-state index < -0.39 is 5.97 Å². The molecule has 0 radical (unpaired) electrons. The van der Waals surface area contributed by atoms with E-state index in [2.05, 4.69) is 0 Å². The Kier molecular flexibility index (Phi) is 5.66. The first-order chi connectivity index (χ1) is 8.15. The highest BCUT2D eigenvalue weighted by molar-refractivity contribution is 5.66. The van der Waals surface area contributed by atoms with Gasteiger partial charge in [-0.05, 0) is 12.6 Å². The minimum absolute atomic E-state index is 0.0977. The van der Waals surface area contributed by atoms with E-state index in [1.807, 2.05) is 42.3 Å². The standard InChI is InChI=1S/C13H19NO3/c1-14(9-8-13(15)16)12(10-17-2)11-6-4-3-5-7-11/h3-7,12H,8-10H2,1-2H3,(H,15,16). The summed E-state index contributed by atoms with van der Waals surface area (Å²) in [6.45, 7) is 1.07. The zero-order valence-corrected chi connectivity index (χ0v) is 10.3. The first-order valence-corrected chi connectivity index (χ1v) is 5.61. The predicted molar refractivity (Wildman–Crippen MR) is 65.9 cm³/mol. The molecule has 1 rings (SSSR count). The van der Waals surface area contributed by atoms with Gasteiger partial charge in [-0.25, -0.2) is 0 Å². The van der Waals surface area contributed by atoms with Crippen molar-refractivity contribution in [2.24, 2.45) is 0 Å². The fraction of sp³-hybridized carbons (Fsp3) is 0.462. The first-order valence-electron chi connectivity index (χ1n) is 5.61. The number of carbonyl (C=O) groups is 1. The lowest BCUT2D eigenvalue weighted by Gasteiger charge is -2.27. The number of benzene rings is 1. The number of aliphatic carboxylic acids is 1. The number of likely N-dealkylation sites (N-methyl/N-ethyl adjacent to an activating group) is 1. The van der Waals surface area contributed by atoms with Crippen molar-refractivity contribution in [1.82, 2.24) is 4.90 Å². The fourth-order valence-electron chi connectivity index (χ4n) is 1.74. The number of ether oxygens (including phenoxy) is 1. The Hall–Kier alpha value is -1.39. The molecule has 0 heterocycles. The van der Waals surface area contributed by atoms with Crippen LogP contribution in [0.15, 0.2) is 30.3 Å². The molecule has 1 unspecified atom stereocenters. The highest BCUT2D eigenvalue weighted by Gasteiger charge is 2.17. The number of carboxylic acids is 1. The minimum Gasteiger partial charge on any atom is -0.481 e. The Morgan fingerprint density at radius 3 is 2.59 bits per heavy atom. The molecule has 4 nitrogen and oxygen atoms in total. The van der Waals surface area contributed by atoms with Gasteiger partial charge in [-0.1, -0.05) is 30.3 Å². The molecule has 1 aromatic rings. The van der Waals surface area contributed by atoms with Gasteiger partial charge in [0.15, 0.2) is 0 Å². The van der Waals surface area contributed by atoms with Gasteiger partial charge in [-0.15, -0.1) is 0 Å². The van der Waals surface area contributed by atoms with Gasteiger partial charge >= 0.3 is 5.97 Å². The maximum Gasteiger partial charge on any atom is 0.304 e. The van der Waals surface area contributed by atoms with Crippen molar-refractivity contribution >= 4 is 5.97 Å². The van der Waals surface area contributed by atoms with Gasteiger partial charge in [0.2, 0.25) is 0 Å². The Balaban J connectivity index is 2.68. The average molecular weight is 237 g/mol. The largest absolute Gasteiger partial charge is 0.481 e. The van der Waals surface area contributed by atoms with Crippen LogP contribution in [0.2, 0.25) is 0 Å². The molecule has 0 saturated carbocycles. The maximum atomic E-state index is 10.6. The first kappa shape index (κ1) is 13.7. The van der Waals surface area contributed by atoms with Crippen LogP contribution in [-0.4, -0.2) is 43.3 Å². The summed E-state index contributed by atoms with van der Waals surface area (Å²) in [6, 6.07) is 10.1. The van der Waals surface area contributed by atoms with E-state index >= 15 is 0 Å². The molecule has 94 valence electrons. The normalized spacial score (nSPS) is 12.6. The third kappa shape index (κ3) is 4.54. The van der Waals surface area contributed by atoms with Crippen molar-refractivity contribution in [1.29, 1.82) is 0 Å². The molecular formula is C13H19NO3. The molecule has 0 spiro atoms. The summed E-state index contributed by atoms with van der Waals surface area (Å²) in [5, 5.41) is 8.69. The van der Waals surface area contributed by atoms with Crippen molar-refractivity contribution in [3.63, 3.8) is 0 Å². The molecular weight excluding hydrogens is 218 g/mol. The highest BCUT2D eigenvalue weighted by atomic mass is 16.5. The quantitative estimate of drug-likeness (QED) is 0.785. The van der Waals surface area contributed by atoms with Crippen molar-refractivity contribution in [3.05, 3.63) is 35.9 Å². The summed E-state index contributed by atoms with van der Waals surface area (Å²) < 4.78 is 5.20. The van der Waals surface area contributed by atoms with Crippen LogP contribution in [0, 0.1) is 0 Å². The highest BCUT2D eigenvalue weighted by Crippen LogP contribution is 2.19. The molecule has 17 heavy (non-hydrogen) atoms. The van der Waals surface area contributed by atoms with Gasteiger partial charge in [-0.2, -0.15) is 0 Å². The zero-order valence-electron chi connectivity index (χ0n) is 10.3. The zero-order chi connectivity index (χ0) is 12.7. The van der Waals surface area contributed by atoms with Gasteiger partial charge in [-0.3, -0.25) is 9.69 Å². The second-order valence-electron chi connectivity index (χ2n) is 4.01. The lowest BCUT2D eigenvalue weighted by Crippen LogP contribution is -2.30. The average Bonchev–Trinajstić information content (AvgIpc) is 2.34. The van der Waals surface area contributed by atoms with Gasteiger partial charge in [0.25, 0.3) is 0 Å². The number of rotatable bonds is 7. The van der Waals surface area contributed by atoms with Crippen LogP contribution in [-0.2, 0) is 9.53 Å². The minimum atomic E-state index is -0.777. The van der Waals surface area contributed by atoms with Crippen LogP contribution >= 0.6 is 0 Å². The number of nitrogens with zero attached hydrogens (tertiary/aromatic N) is 1. The Morgan fingerprint density at radius 2 is 2.06 bits per heavy atom. The number of carboxylic acid groups (broad SMARTS) is 1. The van der Waals surface area contributed by atoms with E-state index in [1.54, 1.807) is 7.11 Å². The third-order valence-electron chi connectivity index (χ3n) is 2.72. The van der Waals surface area contributed by atoms with Crippen LogP contribution in [0.5, 0.6) is 0 Å². The maximum absolute atomic E-state index is 10.6. The molecule has 0 aromatic heterocycles. The Labute approximate surface area is 102 Å². The second kappa shape index (κ2) is 7.04. The van der Waals surface area contributed by atoms with E-state index in [0.29, 0.717) is 13.2 Å². The molecule has 1 atom stereocenters. The number of hydrogen-bond donors (Lipinski definition) is 1. The summed E-state index contributed by atoms with van der Waals surface area (Å²) in [5.41, 5.74) is 1.14. The fourth-order valence-corrected chi connectivity index (χ4v) is 1.74. The molecule has 0 aliphatic carbocycles. The van der Waals surface area contributed by atoms with Crippen LogP contribution in [0.1, 0.15) is 18.0 Å². The van der Waals surface area contributed by atoms with Crippen LogP contribution < -0.4 is 0 Å². The van der Waals surface area contributed by atoms with Gasteiger partial charge in [0.05, 0.1) is 19.1 Å². The van der Waals surface area contributed by atoms with Crippen LogP contribution in [0.25, 0.3) is 0 Å². The topological polar surface area (TPSA) is 49.8 Å². The molecule has 0 fully saturated rings. The van der Waals surface area contributed by atoms with Crippen molar-refractivity contribution in [2.75, 3.05) is 27.3 Å². The summed E-state index contributed by atoms with van der Waals surface area (Å²) in [4.78, 5) is 12.6. The Bertz CT molecular complexity index is 340. The summed E-state index contributed by atoms with van der Waals surface area (Å²) >= 11 is 0. The summed E-state index contributed by atoms with van der Waals surface area (Å²) in [5.74, 6) is -0.777. The number of methoxy groups -OCH3 is 1. The molecule has 0 saturated heterocycles. The van der Waals surface area contributed by atoms with Crippen molar-refractivity contribution < 1.29 is 14.6 Å². The van der Waals surface area contributed by atoms with E-state index in [-0.39, 0.29) is 12.5 Å². The van der Waals surface area contributed by atoms with Crippen molar-refractivity contribution in [3.8, 4) is 0 Å². The van der Waals surface area contributed by atoms with Crippen molar-refractivity contribution in [2.45, 2.75) is 12.5 Å². The van der Waals surface area contributed by atoms with Gasteiger partial charge in [0, 0.05) is 13.7 Å². The van der Waals surface area contributed by atoms with E-state index in [1.165, 1.54) is 0 Å². The molecule has 0 aliphatic heterocycles.